The van der Waals surface area contributed by atoms with E-state index in [0.717, 1.165) is 28.4 Å². The molecule has 5 nitrogen and oxygen atoms in total. The average Bonchev–Trinajstić information content (AvgIpc) is 2.98. The van der Waals surface area contributed by atoms with Crippen LogP contribution in [0.5, 0.6) is 5.75 Å². The van der Waals surface area contributed by atoms with Gasteiger partial charge in [-0.25, -0.2) is 5.43 Å². The molecule has 0 radical (unpaired) electrons. The van der Waals surface area contributed by atoms with Gasteiger partial charge in [0.2, 0.25) is 0 Å². The molecule has 0 aliphatic heterocycles. The van der Waals surface area contributed by atoms with Crippen LogP contribution >= 0.6 is 23.2 Å². The Morgan fingerprint density at radius 3 is 2.48 bits per heavy atom. The Balaban J connectivity index is 1.75. The smallest absolute Gasteiger partial charge is 0.271 e. The van der Waals surface area contributed by atoms with Gasteiger partial charge >= 0.3 is 0 Å². The lowest BCUT2D eigenvalue weighted by Crippen LogP contribution is -2.17. The van der Waals surface area contributed by atoms with Gasteiger partial charge in [-0.05, 0) is 69.3 Å². The largest absolute Gasteiger partial charge is 0.494 e. The Bertz CT molecular complexity index is 1060. The van der Waals surface area contributed by atoms with Crippen LogP contribution in [0, 0.1) is 13.8 Å². The number of aromatic nitrogens is 1. The second-order valence-corrected chi connectivity index (χ2v) is 7.23. The number of aryl methyl sites for hydroxylation is 1. The molecule has 29 heavy (non-hydrogen) atoms. The number of amides is 1. The van der Waals surface area contributed by atoms with Crippen LogP contribution in [0.4, 0.5) is 0 Å². The first-order valence-electron chi connectivity index (χ1n) is 9.11. The minimum absolute atomic E-state index is 0.321. The molecule has 0 spiro atoms. The summed E-state index contributed by atoms with van der Waals surface area (Å²) in [5.41, 5.74) is 6.91. The minimum atomic E-state index is -0.361. The molecule has 3 rings (SSSR count). The molecule has 1 amide bonds. The van der Waals surface area contributed by atoms with E-state index in [1.54, 1.807) is 18.3 Å². The number of benzene rings is 2. The van der Waals surface area contributed by atoms with Gasteiger partial charge in [-0.15, -0.1) is 0 Å². The topological polar surface area (TPSA) is 55.6 Å². The van der Waals surface area contributed by atoms with Crippen molar-refractivity contribution in [2.75, 3.05) is 6.61 Å². The quantitative estimate of drug-likeness (QED) is 0.411. The second kappa shape index (κ2) is 9.16. The summed E-state index contributed by atoms with van der Waals surface area (Å²) < 4.78 is 7.62. The summed E-state index contributed by atoms with van der Waals surface area (Å²) in [5.74, 6) is 0.477. The summed E-state index contributed by atoms with van der Waals surface area (Å²) in [7, 11) is 0. The number of halogens is 2. The van der Waals surface area contributed by atoms with E-state index >= 15 is 0 Å². The van der Waals surface area contributed by atoms with Crippen molar-refractivity contribution in [3.63, 3.8) is 0 Å². The van der Waals surface area contributed by atoms with Crippen LogP contribution in [0.15, 0.2) is 53.6 Å². The third kappa shape index (κ3) is 4.81. The van der Waals surface area contributed by atoms with Gasteiger partial charge in [-0.2, -0.15) is 5.10 Å². The Morgan fingerprint density at radius 1 is 1.10 bits per heavy atom. The molecule has 0 bridgehead atoms. The van der Waals surface area contributed by atoms with Crippen LogP contribution < -0.4 is 10.2 Å². The average molecular weight is 430 g/mol. The summed E-state index contributed by atoms with van der Waals surface area (Å²) >= 11 is 11.8. The van der Waals surface area contributed by atoms with Crippen LogP contribution in [0.2, 0.25) is 10.0 Å². The van der Waals surface area contributed by atoms with E-state index in [2.05, 4.69) is 15.1 Å². The van der Waals surface area contributed by atoms with Gasteiger partial charge in [-0.3, -0.25) is 4.79 Å². The van der Waals surface area contributed by atoms with Gasteiger partial charge in [0.1, 0.15) is 5.75 Å². The predicted molar refractivity (Wildman–Crippen MR) is 118 cm³/mol. The number of hydrazone groups is 1. The van der Waals surface area contributed by atoms with Gasteiger partial charge in [0.15, 0.2) is 0 Å². The highest BCUT2D eigenvalue weighted by Gasteiger charge is 2.10. The van der Waals surface area contributed by atoms with Crippen LogP contribution in [0.25, 0.3) is 5.69 Å². The molecule has 0 unspecified atom stereocenters. The lowest BCUT2D eigenvalue weighted by molar-refractivity contribution is 0.0955. The molecule has 0 fully saturated rings. The van der Waals surface area contributed by atoms with Crippen LogP contribution in [0.1, 0.15) is 34.2 Å². The second-order valence-electron chi connectivity index (χ2n) is 6.42. The van der Waals surface area contributed by atoms with Gasteiger partial charge in [-0.1, -0.05) is 23.2 Å². The maximum absolute atomic E-state index is 12.2. The number of hydrogen-bond acceptors (Lipinski definition) is 3. The fraction of sp³-hybridized carbons (Fsp3) is 0.182. The number of nitrogens with zero attached hydrogens (tertiary/aromatic N) is 2. The molecule has 0 atom stereocenters. The van der Waals surface area contributed by atoms with Crippen molar-refractivity contribution in [3.8, 4) is 11.4 Å². The molecule has 150 valence electrons. The fourth-order valence-corrected chi connectivity index (χ4v) is 3.33. The molecule has 2 aromatic carbocycles. The summed E-state index contributed by atoms with van der Waals surface area (Å²) in [6.07, 6.45) is 1.63. The normalized spacial score (nSPS) is 11.1. The standard InChI is InChI=1S/C22H21Cl2N3O2/c1-4-29-19-8-6-18(7-9-19)27-14(2)11-17(15(27)3)13-25-26-22(28)16-5-10-20(23)21(24)12-16/h5-13H,4H2,1-3H3,(H,26,28)/b25-13-. The number of hydrogen-bond donors (Lipinski definition) is 1. The van der Waals surface area contributed by atoms with Crippen molar-refractivity contribution < 1.29 is 9.53 Å². The van der Waals surface area contributed by atoms with E-state index in [9.17, 15) is 4.79 Å². The Kier molecular flexibility index (Phi) is 6.62. The number of rotatable bonds is 6. The first-order valence-corrected chi connectivity index (χ1v) is 9.87. The van der Waals surface area contributed by atoms with E-state index in [4.69, 9.17) is 27.9 Å². The molecule has 1 heterocycles. The number of ether oxygens (including phenoxy) is 1. The molecule has 3 aromatic rings. The maximum Gasteiger partial charge on any atom is 0.271 e. The van der Waals surface area contributed by atoms with Crippen molar-refractivity contribution in [1.29, 1.82) is 0 Å². The molecule has 1 N–H and O–H groups in total. The Labute approximate surface area is 179 Å². The van der Waals surface area contributed by atoms with E-state index in [-0.39, 0.29) is 5.91 Å². The molecular formula is C22H21Cl2N3O2. The van der Waals surface area contributed by atoms with Gasteiger partial charge < -0.3 is 9.30 Å². The minimum Gasteiger partial charge on any atom is -0.494 e. The first kappa shape index (κ1) is 21.0. The molecular weight excluding hydrogens is 409 g/mol. The Morgan fingerprint density at radius 2 is 1.83 bits per heavy atom. The summed E-state index contributed by atoms with van der Waals surface area (Å²) in [4.78, 5) is 12.2. The zero-order valence-electron chi connectivity index (χ0n) is 16.4. The summed E-state index contributed by atoms with van der Waals surface area (Å²) in [6, 6.07) is 14.6. The number of nitrogens with one attached hydrogen (secondary N) is 1. The zero-order chi connectivity index (χ0) is 21.0. The molecule has 7 heteroatoms. The number of carbonyl (C=O) groups is 1. The van der Waals surface area contributed by atoms with Gasteiger partial charge in [0.05, 0.1) is 22.9 Å². The van der Waals surface area contributed by atoms with E-state index in [0.29, 0.717) is 22.2 Å². The van der Waals surface area contributed by atoms with E-state index in [1.165, 1.54) is 6.07 Å². The lowest BCUT2D eigenvalue weighted by Gasteiger charge is -2.10. The Hall–Kier alpha value is -2.76. The van der Waals surface area contributed by atoms with Crippen LogP contribution in [0.3, 0.4) is 0 Å². The van der Waals surface area contributed by atoms with Crippen LogP contribution in [-0.4, -0.2) is 23.3 Å². The molecule has 0 saturated carbocycles. The first-order chi connectivity index (χ1) is 13.9. The summed E-state index contributed by atoms with van der Waals surface area (Å²) in [5, 5.41) is 4.80. The SMILES string of the molecule is CCOc1ccc(-n2c(C)cc(/C=N\NC(=O)c3ccc(Cl)c(Cl)c3)c2C)cc1. The molecule has 0 aliphatic rings. The summed E-state index contributed by atoms with van der Waals surface area (Å²) in [6.45, 7) is 6.62. The maximum atomic E-state index is 12.2. The lowest BCUT2D eigenvalue weighted by atomic mass is 10.2. The van der Waals surface area contributed by atoms with Crippen molar-refractivity contribution in [2.45, 2.75) is 20.8 Å². The highest BCUT2D eigenvalue weighted by Crippen LogP contribution is 2.23. The van der Waals surface area contributed by atoms with Crippen molar-refractivity contribution >= 4 is 35.3 Å². The highest BCUT2D eigenvalue weighted by molar-refractivity contribution is 6.42. The van der Waals surface area contributed by atoms with Crippen molar-refractivity contribution in [3.05, 3.63) is 81.1 Å². The van der Waals surface area contributed by atoms with Crippen LogP contribution in [-0.2, 0) is 0 Å². The third-order valence-corrected chi connectivity index (χ3v) is 5.17. The fourth-order valence-electron chi connectivity index (χ4n) is 3.04. The van der Waals surface area contributed by atoms with E-state index in [1.807, 2.05) is 51.1 Å². The zero-order valence-corrected chi connectivity index (χ0v) is 17.9. The predicted octanol–water partition coefficient (Wildman–Crippen LogP) is 5.56. The van der Waals surface area contributed by atoms with Gasteiger partial charge in [0, 0.05) is 28.2 Å². The highest BCUT2D eigenvalue weighted by atomic mass is 35.5. The number of carbonyl (C=O) groups excluding carboxylic acids is 1. The van der Waals surface area contributed by atoms with Crippen molar-refractivity contribution in [2.24, 2.45) is 5.10 Å². The van der Waals surface area contributed by atoms with E-state index < -0.39 is 0 Å². The molecule has 0 saturated heterocycles. The van der Waals surface area contributed by atoms with Gasteiger partial charge in [0.25, 0.3) is 5.91 Å². The molecule has 0 aliphatic carbocycles. The van der Waals surface area contributed by atoms with Crippen molar-refractivity contribution in [1.82, 2.24) is 9.99 Å². The third-order valence-electron chi connectivity index (χ3n) is 4.43. The molecule has 1 aromatic heterocycles. The monoisotopic (exact) mass is 429 g/mol.